The highest BCUT2D eigenvalue weighted by atomic mass is 14.7. The maximum Gasteiger partial charge on any atom is 0.0410 e. The molecule has 0 aromatic carbocycles. The van der Waals surface area contributed by atoms with Gasteiger partial charge in [-0.1, -0.05) is 37.8 Å². The number of hydrogen-bond acceptors (Lipinski definition) is 0. The second-order valence-electron chi connectivity index (χ2n) is 4.48. The molecule has 17 heavy (non-hydrogen) atoms. The average Bonchev–Trinajstić information content (AvgIpc) is 2.85. The fourth-order valence-electron chi connectivity index (χ4n) is 2.09. The third-order valence-corrected chi connectivity index (χ3v) is 3.24. The van der Waals surface area contributed by atoms with Gasteiger partial charge in [0.05, 0.1) is 0 Å². The number of rotatable bonds is 4. The topological polar surface area (TPSA) is 15.8 Å². The molecule has 0 amide bonds. The van der Waals surface area contributed by atoms with Crippen molar-refractivity contribution in [3.8, 4) is 0 Å². The van der Waals surface area contributed by atoms with E-state index in [0.29, 0.717) is 0 Å². The smallest absolute Gasteiger partial charge is 0.0410 e. The third-order valence-electron chi connectivity index (χ3n) is 3.24. The van der Waals surface area contributed by atoms with E-state index in [9.17, 15) is 0 Å². The molecule has 0 spiro atoms. The van der Waals surface area contributed by atoms with Gasteiger partial charge in [0.25, 0.3) is 0 Å². The van der Waals surface area contributed by atoms with Crippen molar-refractivity contribution in [1.82, 2.24) is 4.98 Å². The van der Waals surface area contributed by atoms with Crippen molar-refractivity contribution in [3.63, 3.8) is 0 Å². The lowest BCUT2D eigenvalue weighted by molar-refractivity contribution is 0.996. The van der Waals surface area contributed by atoms with Gasteiger partial charge in [-0.15, -0.1) is 0 Å². The Kier molecular flexibility index (Phi) is 3.48. The number of nitrogens with one attached hydrogen (secondary N) is 1. The van der Waals surface area contributed by atoms with Gasteiger partial charge in [-0.2, -0.15) is 0 Å². The molecule has 0 unspecified atom stereocenters. The second-order valence-corrected chi connectivity index (χ2v) is 4.48. The lowest BCUT2D eigenvalue weighted by Crippen LogP contribution is -1.96. The Balaban J connectivity index is 2.04. The minimum absolute atomic E-state index is 0.882. The van der Waals surface area contributed by atoms with Crippen molar-refractivity contribution in [3.05, 3.63) is 66.1 Å². The molecule has 0 fully saturated rings. The monoisotopic (exact) mass is 225 g/mol. The SMILES string of the molecule is C=C1C=C(CC)CC=C1CC(=C)c1ccc[nH]1. The molecular formula is C16H19N. The van der Waals surface area contributed by atoms with Gasteiger partial charge in [-0.25, -0.2) is 0 Å². The van der Waals surface area contributed by atoms with Crippen LogP contribution < -0.4 is 0 Å². The molecule has 88 valence electrons. The Hall–Kier alpha value is -1.76. The molecule has 1 aliphatic rings. The molecule has 1 N–H and O–H groups in total. The van der Waals surface area contributed by atoms with Crippen LogP contribution in [0.3, 0.4) is 0 Å². The lowest BCUT2D eigenvalue weighted by atomic mass is 9.90. The summed E-state index contributed by atoms with van der Waals surface area (Å²) in [4.78, 5) is 3.19. The highest BCUT2D eigenvalue weighted by Gasteiger charge is 2.10. The normalized spacial score (nSPS) is 15.5. The van der Waals surface area contributed by atoms with E-state index in [0.717, 1.165) is 36.1 Å². The lowest BCUT2D eigenvalue weighted by Gasteiger charge is -2.16. The Bertz CT molecular complexity index is 484. The summed E-state index contributed by atoms with van der Waals surface area (Å²) >= 11 is 0. The van der Waals surface area contributed by atoms with E-state index in [2.05, 4.69) is 43.3 Å². The number of H-pyrrole nitrogens is 1. The van der Waals surface area contributed by atoms with Crippen LogP contribution in [-0.4, -0.2) is 4.98 Å². The van der Waals surface area contributed by atoms with E-state index in [4.69, 9.17) is 0 Å². The standard InChI is InChI=1S/C16H19N/c1-4-14-7-8-15(12(2)10-14)11-13(3)16-6-5-9-17-16/h5-6,8-10,17H,2-4,7,11H2,1H3. The van der Waals surface area contributed by atoms with Gasteiger partial charge < -0.3 is 4.98 Å². The van der Waals surface area contributed by atoms with E-state index in [1.54, 1.807) is 0 Å². The van der Waals surface area contributed by atoms with Crippen LogP contribution in [-0.2, 0) is 0 Å². The minimum Gasteiger partial charge on any atom is -0.361 e. The highest BCUT2D eigenvalue weighted by molar-refractivity contribution is 5.65. The van der Waals surface area contributed by atoms with Crippen LogP contribution >= 0.6 is 0 Å². The average molecular weight is 225 g/mol. The summed E-state index contributed by atoms with van der Waals surface area (Å²) in [6.07, 6.45) is 9.49. The fourth-order valence-corrected chi connectivity index (χ4v) is 2.09. The number of aromatic amines is 1. The van der Waals surface area contributed by atoms with E-state index in [1.165, 1.54) is 11.1 Å². The Morgan fingerprint density at radius 3 is 2.88 bits per heavy atom. The molecule has 0 saturated carbocycles. The van der Waals surface area contributed by atoms with E-state index >= 15 is 0 Å². The van der Waals surface area contributed by atoms with Gasteiger partial charge in [0.2, 0.25) is 0 Å². The summed E-state index contributed by atoms with van der Waals surface area (Å²) in [5.41, 5.74) is 6.14. The second kappa shape index (κ2) is 5.05. The summed E-state index contributed by atoms with van der Waals surface area (Å²) in [5, 5.41) is 0. The first-order valence-corrected chi connectivity index (χ1v) is 6.10. The molecule has 0 radical (unpaired) electrons. The molecule has 1 aliphatic carbocycles. The molecule has 0 saturated heterocycles. The maximum absolute atomic E-state index is 4.13. The van der Waals surface area contributed by atoms with Crippen LogP contribution in [0.2, 0.25) is 0 Å². The van der Waals surface area contributed by atoms with Crippen LogP contribution in [0.1, 0.15) is 31.9 Å². The van der Waals surface area contributed by atoms with Crippen molar-refractivity contribution < 1.29 is 0 Å². The van der Waals surface area contributed by atoms with Crippen LogP contribution in [0, 0.1) is 0 Å². The van der Waals surface area contributed by atoms with Gasteiger partial charge in [0.15, 0.2) is 0 Å². The molecule has 1 heterocycles. The summed E-state index contributed by atoms with van der Waals surface area (Å²) < 4.78 is 0. The van der Waals surface area contributed by atoms with Gasteiger partial charge in [-0.05, 0) is 48.1 Å². The first-order valence-electron chi connectivity index (χ1n) is 6.10. The molecule has 1 nitrogen and oxygen atoms in total. The Morgan fingerprint density at radius 2 is 2.29 bits per heavy atom. The molecule has 1 aromatic rings. The molecule has 0 atom stereocenters. The molecule has 0 aliphatic heterocycles. The Labute approximate surface area is 103 Å². The molecule has 0 bridgehead atoms. The molecular weight excluding hydrogens is 206 g/mol. The van der Waals surface area contributed by atoms with Crippen LogP contribution in [0.25, 0.3) is 5.57 Å². The summed E-state index contributed by atoms with van der Waals surface area (Å²) in [6.45, 7) is 10.5. The fraction of sp³-hybridized carbons (Fsp3) is 0.250. The van der Waals surface area contributed by atoms with E-state index < -0.39 is 0 Å². The van der Waals surface area contributed by atoms with Crippen molar-refractivity contribution in [2.75, 3.05) is 0 Å². The number of aromatic nitrogens is 1. The zero-order chi connectivity index (χ0) is 12.3. The zero-order valence-corrected chi connectivity index (χ0v) is 10.4. The summed E-state index contributed by atoms with van der Waals surface area (Å²) in [6, 6.07) is 4.06. The highest BCUT2D eigenvalue weighted by Crippen LogP contribution is 2.29. The molecule has 1 heteroatoms. The largest absolute Gasteiger partial charge is 0.361 e. The quantitative estimate of drug-likeness (QED) is 0.768. The van der Waals surface area contributed by atoms with Gasteiger partial charge in [0.1, 0.15) is 0 Å². The Morgan fingerprint density at radius 1 is 1.47 bits per heavy atom. The predicted octanol–water partition coefficient (Wildman–Crippen LogP) is 4.64. The zero-order valence-electron chi connectivity index (χ0n) is 10.4. The van der Waals surface area contributed by atoms with Gasteiger partial charge >= 0.3 is 0 Å². The number of hydrogen-bond donors (Lipinski definition) is 1. The molecule has 1 aromatic heterocycles. The van der Waals surface area contributed by atoms with Crippen LogP contribution in [0.15, 0.2) is 60.4 Å². The van der Waals surface area contributed by atoms with Gasteiger partial charge in [0, 0.05) is 11.9 Å². The minimum atomic E-state index is 0.882. The van der Waals surface area contributed by atoms with Gasteiger partial charge in [-0.3, -0.25) is 0 Å². The number of allylic oxidation sites excluding steroid dienone is 6. The van der Waals surface area contributed by atoms with Crippen LogP contribution in [0.4, 0.5) is 0 Å². The van der Waals surface area contributed by atoms with Crippen LogP contribution in [0.5, 0.6) is 0 Å². The summed E-state index contributed by atoms with van der Waals surface area (Å²) in [5.74, 6) is 0. The van der Waals surface area contributed by atoms with E-state index in [-0.39, 0.29) is 0 Å². The van der Waals surface area contributed by atoms with E-state index in [1.807, 2.05) is 12.3 Å². The first kappa shape index (κ1) is 11.7. The van der Waals surface area contributed by atoms with Crippen molar-refractivity contribution in [2.24, 2.45) is 0 Å². The van der Waals surface area contributed by atoms with Crippen molar-refractivity contribution in [2.45, 2.75) is 26.2 Å². The maximum atomic E-state index is 4.13. The van der Waals surface area contributed by atoms with Crippen molar-refractivity contribution >= 4 is 5.57 Å². The third kappa shape index (κ3) is 2.68. The predicted molar refractivity (Wildman–Crippen MR) is 74.7 cm³/mol. The molecule has 2 rings (SSSR count). The summed E-state index contributed by atoms with van der Waals surface area (Å²) in [7, 11) is 0. The van der Waals surface area contributed by atoms with Crippen molar-refractivity contribution in [1.29, 1.82) is 0 Å². The first-order chi connectivity index (χ1) is 8.20.